The lowest BCUT2D eigenvalue weighted by molar-refractivity contribution is 1.17. The van der Waals surface area contributed by atoms with Gasteiger partial charge in [0.15, 0.2) is 0 Å². The van der Waals surface area contributed by atoms with Crippen LogP contribution < -0.4 is 0 Å². The molecule has 0 bridgehead atoms. The minimum Gasteiger partial charge on any atom is -0.309 e. The quantitative estimate of drug-likeness (QED) is 0.184. The third kappa shape index (κ3) is 4.45. The summed E-state index contributed by atoms with van der Waals surface area (Å²) in [6.07, 6.45) is 0. The van der Waals surface area contributed by atoms with Crippen molar-refractivity contribution in [2.75, 3.05) is 0 Å². The van der Waals surface area contributed by atoms with Gasteiger partial charge in [0.25, 0.3) is 0 Å². The zero-order valence-corrected chi connectivity index (χ0v) is 29.5. The van der Waals surface area contributed by atoms with Crippen LogP contribution in [-0.4, -0.2) is 13.7 Å². The van der Waals surface area contributed by atoms with Gasteiger partial charge in [-0.3, -0.25) is 0 Å². The monoisotopic (exact) mass is 699 g/mol. The van der Waals surface area contributed by atoms with E-state index >= 15 is 0 Å². The maximum Gasteiger partial charge on any atom is 0.0998 e. The molecule has 254 valence electrons. The summed E-state index contributed by atoms with van der Waals surface area (Å²) in [6, 6.07) is 65.9. The number of aromatic nitrogens is 3. The van der Waals surface area contributed by atoms with Gasteiger partial charge < -0.3 is 13.7 Å². The van der Waals surface area contributed by atoms with Gasteiger partial charge in [-0.2, -0.15) is 10.5 Å². The standard InChI is InChI=1S/C50H29N5/c51-30-32-20-27-47-42(28-32)50-48(18-9-19-49(50)55-45-16-7-3-12-39(45)40-13-4-8-17-46(40)55)54(47)36-26-23-34(31-52)41(29-36)33-21-24-35(25-22-33)53-43-14-5-1-10-37(43)38-11-2-6-15-44(38)53/h1-29H. The van der Waals surface area contributed by atoms with Crippen LogP contribution in [0.4, 0.5) is 0 Å². The fraction of sp³-hybridized carbons (Fsp3) is 0. The second-order valence-electron chi connectivity index (χ2n) is 14.0. The summed E-state index contributed by atoms with van der Waals surface area (Å²) in [4.78, 5) is 0. The van der Waals surface area contributed by atoms with Crippen molar-refractivity contribution in [3.63, 3.8) is 0 Å². The predicted octanol–water partition coefficient (Wildman–Crippen LogP) is 12.4. The summed E-state index contributed by atoms with van der Waals surface area (Å²) in [5, 5.41) is 27.3. The summed E-state index contributed by atoms with van der Waals surface area (Å²) in [6.45, 7) is 0. The fourth-order valence-electron chi connectivity index (χ4n) is 8.77. The molecule has 11 rings (SSSR count). The number of para-hydroxylation sites is 4. The molecule has 0 radical (unpaired) electrons. The van der Waals surface area contributed by atoms with Crippen LogP contribution >= 0.6 is 0 Å². The number of hydrogen-bond acceptors (Lipinski definition) is 2. The normalized spacial score (nSPS) is 11.6. The van der Waals surface area contributed by atoms with Crippen LogP contribution in [0.3, 0.4) is 0 Å². The van der Waals surface area contributed by atoms with E-state index in [0.717, 1.165) is 72.1 Å². The molecule has 0 saturated carbocycles. The molecular formula is C50H29N5. The molecule has 0 spiro atoms. The van der Waals surface area contributed by atoms with Gasteiger partial charge in [-0.15, -0.1) is 0 Å². The average molecular weight is 700 g/mol. The molecule has 5 heteroatoms. The van der Waals surface area contributed by atoms with E-state index in [0.29, 0.717) is 11.1 Å². The second kappa shape index (κ2) is 11.8. The van der Waals surface area contributed by atoms with Gasteiger partial charge >= 0.3 is 0 Å². The third-order valence-electron chi connectivity index (χ3n) is 11.1. The third-order valence-corrected chi connectivity index (χ3v) is 11.1. The van der Waals surface area contributed by atoms with Crippen LogP contribution in [0.15, 0.2) is 176 Å². The Labute approximate surface area is 316 Å². The average Bonchev–Trinajstić information content (AvgIpc) is 3.89. The van der Waals surface area contributed by atoms with Crippen molar-refractivity contribution in [3.05, 3.63) is 187 Å². The van der Waals surface area contributed by atoms with Crippen molar-refractivity contribution >= 4 is 65.4 Å². The van der Waals surface area contributed by atoms with E-state index in [2.05, 4.69) is 171 Å². The molecule has 0 unspecified atom stereocenters. The number of fused-ring (bicyclic) bond motifs is 9. The van der Waals surface area contributed by atoms with Gasteiger partial charge in [0.05, 0.1) is 62.1 Å². The van der Waals surface area contributed by atoms with Crippen LogP contribution in [0.2, 0.25) is 0 Å². The van der Waals surface area contributed by atoms with Crippen LogP contribution in [0.25, 0.3) is 93.6 Å². The lowest BCUT2D eigenvalue weighted by Gasteiger charge is -2.14. The molecule has 55 heavy (non-hydrogen) atoms. The van der Waals surface area contributed by atoms with Crippen molar-refractivity contribution < 1.29 is 0 Å². The first kappa shape index (κ1) is 30.7. The highest BCUT2D eigenvalue weighted by Crippen LogP contribution is 2.41. The molecule has 3 heterocycles. The number of benzene rings is 8. The molecule has 0 saturated heterocycles. The molecule has 5 nitrogen and oxygen atoms in total. The molecule has 0 aliphatic rings. The van der Waals surface area contributed by atoms with Crippen LogP contribution in [0.5, 0.6) is 0 Å². The minimum atomic E-state index is 0.604. The lowest BCUT2D eigenvalue weighted by Crippen LogP contribution is -1.98. The van der Waals surface area contributed by atoms with Gasteiger partial charge in [-0.1, -0.05) is 91.0 Å². The highest BCUT2D eigenvalue weighted by Gasteiger charge is 2.21. The Morgan fingerprint density at radius 2 is 0.873 bits per heavy atom. The number of hydrogen-bond donors (Lipinski definition) is 0. The van der Waals surface area contributed by atoms with Crippen LogP contribution in [0.1, 0.15) is 11.1 Å². The molecule has 11 aromatic rings. The Balaban J connectivity index is 1.12. The summed E-state index contributed by atoms with van der Waals surface area (Å²) < 4.78 is 6.91. The molecule has 0 atom stereocenters. The SMILES string of the molecule is N#Cc1ccc2c(c1)c1c(-n3c4ccccc4c4ccccc43)cccc1n2-c1ccc(C#N)c(-c2ccc(-n3c4ccccc4c4ccccc43)cc2)c1. The molecule has 0 aliphatic heterocycles. The van der Waals surface area contributed by atoms with E-state index in [-0.39, 0.29) is 0 Å². The zero-order valence-electron chi connectivity index (χ0n) is 29.5. The predicted molar refractivity (Wildman–Crippen MR) is 224 cm³/mol. The smallest absolute Gasteiger partial charge is 0.0998 e. The van der Waals surface area contributed by atoms with Gasteiger partial charge in [0, 0.05) is 49.3 Å². The Bertz CT molecular complexity index is 3350. The van der Waals surface area contributed by atoms with Gasteiger partial charge in [0.1, 0.15) is 0 Å². The Morgan fingerprint density at radius 1 is 0.364 bits per heavy atom. The molecular weight excluding hydrogens is 671 g/mol. The first-order chi connectivity index (χ1) is 27.2. The fourth-order valence-corrected chi connectivity index (χ4v) is 8.77. The Morgan fingerprint density at radius 3 is 1.45 bits per heavy atom. The number of nitrogens with zero attached hydrogens (tertiary/aromatic N) is 5. The van der Waals surface area contributed by atoms with E-state index < -0.39 is 0 Å². The largest absolute Gasteiger partial charge is 0.309 e. The molecule has 8 aromatic carbocycles. The molecule has 3 aromatic heterocycles. The van der Waals surface area contributed by atoms with Gasteiger partial charge in [-0.25, -0.2) is 0 Å². The first-order valence-corrected chi connectivity index (χ1v) is 18.3. The Kier molecular flexibility index (Phi) is 6.61. The van der Waals surface area contributed by atoms with Crippen molar-refractivity contribution in [1.82, 2.24) is 13.7 Å². The minimum absolute atomic E-state index is 0.604. The topological polar surface area (TPSA) is 62.4 Å². The van der Waals surface area contributed by atoms with Gasteiger partial charge in [-0.05, 0) is 90.5 Å². The van der Waals surface area contributed by atoms with Crippen molar-refractivity contribution in [2.45, 2.75) is 0 Å². The first-order valence-electron chi connectivity index (χ1n) is 18.3. The van der Waals surface area contributed by atoms with E-state index in [1.807, 2.05) is 30.3 Å². The Hall–Kier alpha value is -7.86. The highest BCUT2D eigenvalue weighted by atomic mass is 15.0. The number of rotatable bonds is 4. The van der Waals surface area contributed by atoms with E-state index in [4.69, 9.17) is 0 Å². The summed E-state index contributed by atoms with van der Waals surface area (Å²) in [7, 11) is 0. The summed E-state index contributed by atoms with van der Waals surface area (Å²) >= 11 is 0. The van der Waals surface area contributed by atoms with Crippen LogP contribution in [0, 0.1) is 22.7 Å². The number of nitriles is 2. The summed E-state index contributed by atoms with van der Waals surface area (Å²) in [5.41, 5.74) is 12.6. The highest BCUT2D eigenvalue weighted by molar-refractivity contribution is 6.17. The van der Waals surface area contributed by atoms with E-state index in [1.165, 1.54) is 21.5 Å². The zero-order chi connectivity index (χ0) is 36.6. The molecule has 0 N–H and O–H groups in total. The maximum atomic E-state index is 10.4. The second-order valence-corrected chi connectivity index (χ2v) is 14.0. The van der Waals surface area contributed by atoms with Crippen molar-refractivity contribution in [2.24, 2.45) is 0 Å². The van der Waals surface area contributed by atoms with Crippen molar-refractivity contribution in [3.8, 4) is 40.3 Å². The molecule has 0 fully saturated rings. The maximum absolute atomic E-state index is 10.4. The van der Waals surface area contributed by atoms with Crippen molar-refractivity contribution in [1.29, 1.82) is 10.5 Å². The summed E-state index contributed by atoms with van der Waals surface area (Å²) in [5.74, 6) is 0. The van der Waals surface area contributed by atoms with E-state index in [9.17, 15) is 10.5 Å². The molecule has 0 amide bonds. The van der Waals surface area contributed by atoms with Gasteiger partial charge in [0.2, 0.25) is 0 Å². The lowest BCUT2D eigenvalue weighted by atomic mass is 9.99. The van der Waals surface area contributed by atoms with E-state index in [1.54, 1.807) is 0 Å². The van der Waals surface area contributed by atoms with Crippen LogP contribution in [-0.2, 0) is 0 Å². The molecule has 0 aliphatic carbocycles.